The summed E-state index contributed by atoms with van der Waals surface area (Å²) in [5.74, 6) is 6.01. The molecular weight excluding hydrogens is 354 g/mol. The third-order valence-electron chi connectivity index (χ3n) is 4.33. The van der Waals surface area contributed by atoms with Gasteiger partial charge in [0.1, 0.15) is 5.75 Å². The SMILES string of the molecule is N/N=C/c1ccc2cc(OC(=O)c3ccc(NC4=NCCN4)cc3)ccc2c1. The van der Waals surface area contributed by atoms with Gasteiger partial charge in [0.25, 0.3) is 0 Å². The van der Waals surface area contributed by atoms with Gasteiger partial charge in [0.05, 0.1) is 18.3 Å². The molecule has 0 aliphatic carbocycles. The van der Waals surface area contributed by atoms with Crippen LogP contribution in [-0.4, -0.2) is 31.2 Å². The number of hydrazone groups is 1. The molecule has 7 nitrogen and oxygen atoms in total. The number of ether oxygens (including phenoxy) is 1. The fourth-order valence-electron chi connectivity index (χ4n) is 2.95. The highest BCUT2D eigenvalue weighted by atomic mass is 16.5. The lowest BCUT2D eigenvalue weighted by Gasteiger charge is -2.08. The Morgan fingerprint density at radius 3 is 2.64 bits per heavy atom. The second kappa shape index (κ2) is 7.79. The molecule has 0 radical (unpaired) electrons. The van der Waals surface area contributed by atoms with Crippen molar-refractivity contribution in [1.82, 2.24) is 5.32 Å². The van der Waals surface area contributed by atoms with Crippen molar-refractivity contribution in [3.05, 3.63) is 71.8 Å². The summed E-state index contributed by atoms with van der Waals surface area (Å²) in [6.07, 6.45) is 1.58. The highest BCUT2D eigenvalue weighted by molar-refractivity contribution is 5.96. The van der Waals surface area contributed by atoms with Crippen LogP contribution in [0.4, 0.5) is 5.69 Å². The van der Waals surface area contributed by atoms with Crippen molar-refractivity contribution < 1.29 is 9.53 Å². The molecule has 1 aliphatic rings. The standard InChI is InChI=1S/C21H19N5O2/c22-25-13-14-1-2-17-12-19(8-5-16(17)11-14)28-20(27)15-3-6-18(7-4-15)26-21-23-9-10-24-21/h1-8,11-13H,9-10,22H2,(H2,23,24,26)/b25-13+. The van der Waals surface area contributed by atoms with Crippen LogP contribution >= 0.6 is 0 Å². The van der Waals surface area contributed by atoms with E-state index in [1.54, 1.807) is 24.4 Å². The molecular formula is C21H19N5O2. The molecule has 0 saturated heterocycles. The maximum Gasteiger partial charge on any atom is 0.343 e. The van der Waals surface area contributed by atoms with Crippen LogP contribution in [0.15, 0.2) is 70.8 Å². The van der Waals surface area contributed by atoms with E-state index < -0.39 is 5.97 Å². The third kappa shape index (κ3) is 3.93. The zero-order chi connectivity index (χ0) is 19.3. The molecule has 0 bridgehead atoms. The van der Waals surface area contributed by atoms with Crippen LogP contribution in [-0.2, 0) is 0 Å². The molecule has 3 aromatic carbocycles. The van der Waals surface area contributed by atoms with E-state index in [0.717, 1.165) is 41.1 Å². The number of rotatable bonds is 4. The summed E-state index contributed by atoms with van der Waals surface area (Å²) in [5, 5.41) is 11.8. The Morgan fingerprint density at radius 2 is 1.89 bits per heavy atom. The van der Waals surface area contributed by atoms with Gasteiger partial charge in [-0.2, -0.15) is 5.10 Å². The predicted molar refractivity (Wildman–Crippen MR) is 111 cm³/mol. The zero-order valence-electron chi connectivity index (χ0n) is 15.1. The topological polar surface area (TPSA) is 101 Å². The molecule has 3 aromatic rings. The molecule has 4 rings (SSSR count). The molecule has 4 N–H and O–H groups in total. The number of nitrogens with two attached hydrogens (primary N) is 1. The highest BCUT2D eigenvalue weighted by Gasteiger charge is 2.10. The Morgan fingerprint density at radius 1 is 1.11 bits per heavy atom. The maximum absolute atomic E-state index is 12.4. The molecule has 1 aliphatic heterocycles. The molecule has 0 saturated carbocycles. The van der Waals surface area contributed by atoms with Gasteiger partial charge in [-0.05, 0) is 58.8 Å². The first-order chi connectivity index (χ1) is 13.7. The van der Waals surface area contributed by atoms with Crippen molar-refractivity contribution in [2.24, 2.45) is 15.9 Å². The summed E-state index contributed by atoms with van der Waals surface area (Å²) >= 11 is 0. The Kier molecular flexibility index (Phi) is 4.88. The van der Waals surface area contributed by atoms with Crippen LogP contribution in [0.3, 0.4) is 0 Å². The Labute approximate surface area is 161 Å². The van der Waals surface area contributed by atoms with Crippen LogP contribution in [0.1, 0.15) is 15.9 Å². The molecule has 28 heavy (non-hydrogen) atoms. The minimum atomic E-state index is -0.408. The van der Waals surface area contributed by atoms with Gasteiger partial charge in [-0.3, -0.25) is 4.99 Å². The summed E-state index contributed by atoms with van der Waals surface area (Å²) in [7, 11) is 0. The van der Waals surface area contributed by atoms with Gasteiger partial charge in [-0.15, -0.1) is 0 Å². The van der Waals surface area contributed by atoms with Gasteiger partial charge >= 0.3 is 5.97 Å². The summed E-state index contributed by atoms with van der Waals surface area (Å²) in [6.45, 7) is 1.60. The van der Waals surface area contributed by atoms with Crippen LogP contribution in [0, 0.1) is 0 Å². The van der Waals surface area contributed by atoms with Crippen molar-refractivity contribution >= 4 is 34.6 Å². The van der Waals surface area contributed by atoms with E-state index in [-0.39, 0.29) is 0 Å². The average molecular weight is 373 g/mol. The molecule has 7 heteroatoms. The van der Waals surface area contributed by atoms with Gasteiger partial charge in [0.15, 0.2) is 5.96 Å². The van der Waals surface area contributed by atoms with Gasteiger partial charge in [-0.25, -0.2) is 4.79 Å². The minimum Gasteiger partial charge on any atom is -0.423 e. The normalized spacial score (nSPS) is 13.4. The van der Waals surface area contributed by atoms with E-state index in [2.05, 4.69) is 20.7 Å². The fourth-order valence-corrected chi connectivity index (χ4v) is 2.95. The lowest BCUT2D eigenvalue weighted by Crippen LogP contribution is -2.26. The zero-order valence-corrected chi connectivity index (χ0v) is 15.1. The van der Waals surface area contributed by atoms with E-state index in [9.17, 15) is 4.79 Å². The highest BCUT2D eigenvalue weighted by Crippen LogP contribution is 2.23. The molecule has 0 spiro atoms. The van der Waals surface area contributed by atoms with E-state index >= 15 is 0 Å². The van der Waals surface area contributed by atoms with Crippen LogP contribution in [0.25, 0.3) is 10.8 Å². The number of nitrogens with zero attached hydrogens (tertiary/aromatic N) is 2. The number of hydrogen-bond donors (Lipinski definition) is 3. The number of anilines is 1. The number of aliphatic imine (C=N–C) groups is 1. The average Bonchev–Trinajstić information content (AvgIpc) is 3.22. The van der Waals surface area contributed by atoms with Crippen LogP contribution < -0.4 is 21.2 Å². The van der Waals surface area contributed by atoms with Crippen molar-refractivity contribution in [1.29, 1.82) is 0 Å². The van der Waals surface area contributed by atoms with Crippen molar-refractivity contribution in [2.75, 3.05) is 18.4 Å². The van der Waals surface area contributed by atoms with E-state index in [1.807, 2.05) is 42.5 Å². The second-order valence-corrected chi connectivity index (χ2v) is 6.30. The number of carbonyl (C=O) groups excluding carboxylic acids is 1. The number of guanidine groups is 1. The smallest absolute Gasteiger partial charge is 0.343 e. The maximum atomic E-state index is 12.4. The van der Waals surface area contributed by atoms with E-state index in [4.69, 9.17) is 10.6 Å². The van der Waals surface area contributed by atoms with Crippen LogP contribution in [0.2, 0.25) is 0 Å². The molecule has 0 atom stereocenters. The third-order valence-corrected chi connectivity index (χ3v) is 4.33. The molecule has 0 amide bonds. The lowest BCUT2D eigenvalue weighted by atomic mass is 10.1. The quantitative estimate of drug-likeness (QED) is 0.215. The first-order valence-corrected chi connectivity index (χ1v) is 8.86. The summed E-state index contributed by atoms with van der Waals surface area (Å²) in [5.41, 5.74) is 2.24. The Bertz CT molecular complexity index is 1070. The Hall–Kier alpha value is -3.87. The molecule has 0 unspecified atom stereocenters. The minimum absolute atomic E-state index is 0.408. The molecule has 140 valence electrons. The number of esters is 1. The molecule has 1 heterocycles. The van der Waals surface area contributed by atoms with Crippen LogP contribution in [0.5, 0.6) is 5.75 Å². The first kappa shape index (κ1) is 17.5. The first-order valence-electron chi connectivity index (χ1n) is 8.86. The van der Waals surface area contributed by atoms with Gasteiger partial charge in [0, 0.05) is 12.2 Å². The number of fused-ring (bicyclic) bond motifs is 1. The molecule has 0 fully saturated rings. The van der Waals surface area contributed by atoms with Crippen molar-refractivity contribution in [3.8, 4) is 5.75 Å². The van der Waals surface area contributed by atoms with Gasteiger partial charge < -0.3 is 21.2 Å². The number of hydrogen-bond acceptors (Lipinski definition) is 7. The number of carbonyl (C=O) groups is 1. The monoisotopic (exact) mass is 373 g/mol. The predicted octanol–water partition coefficient (Wildman–Crippen LogP) is 2.72. The number of nitrogens with one attached hydrogen (secondary N) is 2. The summed E-state index contributed by atoms with van der Waals surface area (Å²) < 4.78 is 5.52. The fraction of sp³-hybridized carbons (Fsp3) is 0.0952. The van der Waals surface area contributed by atoms with Gasteiger partial charge in [-0.1, -0.05) is 18.2 Å². The number of benzene rings is 3. The van der Waals surface area contributed by atoms with E-state index in [1.165, 1.54) is 0 Å². The Balaban J connectivity index is 1.45. The van der Waals surface area contributed by atoms with E-state index in [0.29, 0.717) is 11.3 Å². The lowest BCUT2D eigenvalue weighted by molar-refractivity contribution is 0.0735. The van der Waals surface area contributed by atoms with Gasteiger partial charge in [0.2, 0.25) is 0 Å². The largest absolute Gasteiger partial charge is 0.423 e. The summed E-state index contributed by atoms with van der Waals surface area (Å²) in [6, 6.07) is 18.4. The van der Waals surface area contributed by atoms with Crippen molar-refractivity contribution in [3.63, 3.8) is 0 Å². The summed E-state index contributed by atoms with van der Waals surface area (Å²) in [4.78, 5) is 16.7. The van der Waals surface area contributed by atoms with Crippen molar-refractivity contribution in [2.45, 2.75) is 0 Å². The second-order valence-electron chi connectivity index (χ2n) is 6.30. The molecule has 0 aromatic heterocycles.